The topological polar surface area (TPSA) is 60.9 Å². The Hall–Kier alpha value is -1.40. The van der Waals surface area contributed by atoms with Crippen LogP contribution in [0.25, 0.3) is 0 Å². The average molecular weight is 282 g/mol. The van der Waals surface area contributed by atoms with Crippen LogP contribution in [0, 0.1) is 0 Å². The fourth-order valence-corrected chi connectivity index (χ4v) is 2.98. The normalized spacial score (nSPS) is 16.9. The Bertz CT molecular complexity index is 476. The molecule has 0 spiro atoms. The van der Waals surface area contributed by atoms with Crippen LogP contribution in [0.4, 0.5) is 0 Å². The molecule has 0 bridgehead atoms. The molecule has 1 aromatic rings. The fourth-order valence-electron chi connectivity index (χ4n) is 2.17. The number of aromatic carboxylic acids is 1. The second kappa shape index (κ2) is 5.71. The van der Waals surface area contributed by atoms with Crippen LogP contribution in [0.3, 0.4) is 0 Å². The van der Waals surface area contributed by atoms with Crippen LogP contribution in [0.1, 0.15) is 33.2 Å². The molecule has 1 aromatic heterocycles. The van der Waals surface area contributed by atoms with Crippen molar-refractivity contribution in [3.05, 3.63) is 21.9 Å². The number of carbonyl (C=O) groups excluding carboxylic acids is 1. The van der Waals surface area contributed by atoms with E-state index in [1.807, 2.05) is 0 Å². The molecule has 1 aliphatic heterocycles. The lowest BCUT2D eigenvalue weighted by atomic mass is 10.2. The van der Waals surface area contributed by atoms with Gasteiger partial charge in [-0.3, -0.25) is 9.69 Å². The molecule has 1 amide bonds. The van der Waals surface area contributed by atoms with Gasteiger partial charge >= 0.3 is 5.97 Å². The summed E-state index contributed by atoms with van der Waals surface area (Å²) in [6, 6.07) is 3.59. The second-order valence-corrected chi connectivity index (χ2v) is 5.97. The van der Waals surface area contributed by atoms with E-state index in [0.717, 1.165) is 24.4 Å². The number of nitrogens with zero attached hydrogens (tertiary/aromatic N) is 2. The zero-order valence-corrected chi connectivity index (χ0v) is 11.9. The van der Waals surface area contributed by atoms with E-state index in [1.165, 1.54) is 6.07 Å². The molecule has 0 atom stereocenters. The van der Waals surface area contributed by atoms with Crippen molar-refractivity contribution < 1.29 is 14.7 Å². The highest BCUT2D eigenvalue weighted by Crippen LogP contribution is 2.19. The van der Waals surface area contributed by atoms with Gasteiger partial charge in [-0.25, -0.2) is 4.79 Å². The van der Waals surface area contributed by atoms with Crippen LogP contribution < -0.4 is 0 Å². The van der Waals surface area contributed by atoms with Gasteiger partial charge < -0.3 is 10.0 Å². The van der Waals surface area contributed by atoms with E-state index in [-0.39, 0.29) is 10.8 Å². The lowest BCUT2D eigenvalue weighted by Crippen LogP contribution is -2.50. The third kappa shape index (κ3) is 3.13. The SMILES string of the molecule is CC(C)N1CCN(C(=O)c2ccc(C(=O)O)s2)CC1. The number of amides is 1. The highest BCUT2D eigenvalue weighted by atomic mass is 32.1. The summed E-state index contributed by atoms with van der Waals surface area (Å²) >= 11 is 1.05. The number of carbonyl (C=O) groups is 2. The van der Waals surface area contributed by atoms with Crippen molar-refractivity contribution in [2.45, 2.75) is 19.9 Å². The Balaban J connectivity index is 1.99. The zero-order chi connectivity index (χ0) is 14.0. The van der Waals surface area contributed by atoms with Crippen LogP contribution >= 0.6 is 11.3 Å². The van der Waals surface area contributed by atoms with Gasteiger partial charge in [0.05, 0.1) is 4.88 Å². The maximum atomic E-state index is 12.2. The highest BCUT2D eigenvalue weighted by molar-refractivity contribution is 7.15. The summed E-state index contributed by atoms with van der Waals surface area (Å²) in [5.74, 6) is -1.03. The molecule has 0 unspecified atom stereocenters. The van der Waals surface area contributed by atoms with E-state index in [2.05, 4.69) is 18.7 Å². The van der Waals surface area contributed by atoms with Gasteiger partial charge in [0, 0.05) is 32.2 Å². The lowest BCUT2D eigenvalue weighted by molar-refractivity contribution is 0.0600. The van der Waals surface area contributed by atoms with E-state index in [9.17, 15) is 9.59 Å². The van der Waals surface area contributed by atoms with Crippen LogP contribution in [-0.2, 0) is 0 Å². The van der Waals surface area contributed by atoms with Gasteiger partial charge in [0.1, 0.15) is 4.88 Å². The number of carboxylic acids is 1. The fraction of sp³-hybridized carbons (Fsp3) is 0.538. The van der Waals surface area contributed by atoms with Gasteiger partial charge in [-0.05, 0) is 26.0 Å². The monoisotopic (exact) mass is 282 g/mol. The maximum Gasteiger partial charge on any atom is 0.345 e. The lowest BCUT2D eigenvalue weighted by Gasteiger charge is -2.36. The van der Waals surface area contributed by atoms with Crippen LogP contribution in [0.5, 0.6) is 0 Å². The molecule has 1 N–H and O–H groups in total. The quantitative estimate of drug-likeness (QED) is 0.915. The zero-order valence-electron chi connectivity index (χ0n) is 11.1. The number of hydrogen-bond acceptors (Lipinski definition) is 4. The summed E-state index contributed by atoms with van der Waals surface area (Å²) in [7, 11) is 0. The van der Waals surface area contributed by atoms with Gasteiger partial charge in [-0.1, -0.05) is 0 Å². The number of carboxylic acid groups (broad SMARTS) is 1. The Kier molecular flexibility index (Phi) is 4.21. The maximum absolute atomic E-state index is 12.2. The molecular weight excluding hydrogens is 264 g/mol. The van der Waals surface area contributed by atoms with E-state index >= 15 is 0 Å². The summed E-state index contributed by atoms with van der Waals surface area (Å²) in [4.78, 5) is 27.9. The molecule has 104 valence electrons. The van der Waals surface area contributed by atoms with Gasteiger partial charge in [0.25, 0.3) is 5.91 Å². The molecule has 0 aliphatic carbocycles. The third-order valence-electron chi connectivity index (χ3n) is 3.36. The Morgan fingerprint density at radius 3 is 2.21 bits per heavy atom. The van der Waals surface area contributed by atoms with Gasteiger partial charge in [-0.15, -0.1) is 11.3 Å². The Morgan fingerprint density at radius 2 is 1.74 bits per heavy atom. The molecule has 0 saturated carbocycles. The molecule has 2 rings (SSSR count). The van der Waals surface area contributed by atoms with Crippen molar-refractivity contribution >= 4 is 23.2 Å². The van der Waals surface area contributed by atoms with Crippen molar-refractivity contribution in [2.75, 3.05) is 26.2 Å². The van der Waals surface area contributed by atoms with Crippen molar-refractivity contribution in [3.63, 3.8) is 0 Å². The Labute approximate surface area is 116 Å². The first-order chi connectivity index (χ1) is 8.99. The number of rotatable bonds is 3. The van der Waals surface area contributed by atoms with E-state index in [0.29, 0.717) is 24.0 Å². The van der Waals surface area contributed by atoms with Crippen molar-refractivity contribution in [3.8, 4) is 0 Å². The summed E-state index contributed by atoms with van der Waals surface area (Å²) in [6.07, 6.45) is 0. The average Bonchev–Trinajstić information content (AvgIpc) is 2.87. The highest BCUT2D eigenvalue weighted by Gasteiger charge is 2.24. The van der Waals surface area contributed by atoms with Crippen molar-refractivity contribution in [1.29, 1.82) is 0 Å². The minimum atomic E-state index is -0.978. The van der Waals surface area contributed by atoms with Gasteiger partial charge in [0.15, 0.2) is 0 Å². The van der Waals surface area contributed by atoms with Gasteiger partial charge in [-0.2, -0.15) is 0 Å². The van der Waals surface area contributed by atoms with Gasteiger partial charge in [0.2, 0.25) is 0 Å². The summed E-state index contributed by atoms with van der Waals surface area (Å²) in [5.41, 5.74) is 0. The van der Waals surface area contributed by atoms with Crippen LogP contribution in [-0.4, -0.2) is 59.0 Å². The molecule has 0 aromatic carbocycles. The van der Waals surface area contributed by atoms with E-state index in [1.54, 1.807) is 11.0 Å². The van der Waals surface area contributed by atoms with E-state index in [4.69, 9.17) is 5.11 Å². The molecular formula is C13H18N2O3S. The third-order valence-corrected chi connectivity index (χ3v) is 4.42. The van der Waals surface area contributed by atoms with Crippen LogP contribution in [0.2, 0.25) is 0 Å². The number of thiophene rings is 1. The minimum Gasteiger partial charge on any atom is -0.477 e. The second-order valence-electron chi connectivity index (χ2n) is 4.89. The predicted molar refractivity (Wildman–Crippen MR) is 73.9 cm³/mol. The molecule has 0 radical (unpaired) electrons. The van der Waals surface area contributed by atoms with Crippen molar-refractivity contribution in [2.24, 2.45) is 0 Å². The molecule has 1 fully saturated rings. The first-order valence-electron chi connectivity index (χ1n) is 6.35. The number of piperazine rings is 1. The summed E-state index contributed by atoms with van der Waals surface area (Å²) in [5, 5.41) is 8.86. The Morgan fingerprint density at radius 1 is 1.16 bits per heavy atom. The molecule has 5 nitrogen and oxygen atoms in total. The molecule has 1 saturated heterocycles. The minimum absolute atomic E-state index is 0.0547. The molecule has 1 aliphatic rings. The smallest absolute Gasteiger partial charge is 0.345 e. The van der Waals surface area contributed by atoms with E-state index < -0.39 is 5.97 Å². The molecule has 2 heterocycles. The van der Waals surface area contributed by atoms with Crippen molar-refractivity contribution in [1.82, 2.24) is 9.80 Å². The standard InChI is InChI=1S/C13H18N2O3S/c1-9(2)14-5-7-15(8-6-14)12(16)10-3-4-11(19-10)13(17)18/h3-4,9H,5-8H2,1-2H3,(H,17,18). The first kappa shape index (κ1) is 14.0. The summed E-state index contributed by atoms with van der Waals surface area (Å²) < 4.78 is 0. The molecule has 6 heteroatoms. The first-order valence-corrected chi connectivity index (χ1v) is 7.17. The largest absolute Gasteiger partial charge is 0.477 e. The summed E-state index contributed by atoms with van der Waals surface area (Å²) in [6.45, 7) is 7.46. The predicted octanol–water partition coefficient (Wildman–Crippen LogP) is 1.61. The van der Waals surface area contributed by atoms with Crippen LogP contribution in [0.15, 0.2) is 12.1 Å². The number of hydrogen-bond donors (Lipinski definition) is 1. The molecule has 19 heavy (non-hydrogen) atoms.